The molecule has 0 spiro atoms. The van der Waals surface area contributed by atoms with Crippen molar-refractivity contribution in [3.63, 3.8) is 0 Å². The molecule has 1 aliphatic heterocycles. The van der Waals surface area contributed by atoms with Gasteiger partial charge in [0.15, 0.2) is 0 Å². The van der Waals surface area contributed by atoms with E-state index < -0.39 is 0 Å². The second kappa shape index (κ2) is 2.63. The third-order valence-corrected chi connectivity index (χ3v) is 2.75. The van der Waals surface area contributed by atoms with Crippen LogP contribution in [-0.4, -0.2) is 34.1 Å². The van der Waals surface area contributed by atoms with Gasteiger partial charge in [0.1, 0.15) is 0 Å². The zero-order valence-corrected chi connectivity index (χ0v) is 9.85. The van der Waals surface area contributed by atoms with Crippen LogP contribution in [0.3, 0.4) is 0 Å². The Morgan fingerprint density at radius 1 is 1.64 bits per heavy atom. The maximum absolute atomic E-state index is 11.2. The molecule has 64 valence electrons. The monoisotopic (exact) mass is 171 g/mol. The van der Waals surface area contributed by atoms with Crippen molar-refractivity contribution < 1.29 is 4.79 Å². The topological polar surface area (TPSA) is 20.3 Å². The Hall–Kier alpha value is -0.313. The molecule has 0 aliphatic carbocycles. The average Bonchev–Trinajstić information content (AvgIpc) is 1.84. The zero-order valence-electron chi connectivity index (χ0n) is 7.85. The number of hydrogen-bond donors (Lipinski definition) is 0. The van der Waals surface area contributed by atoms with E-state index >= 15 is 0 Å². The summed E-state index contributed by atoms with van der Waals surface area (Å²) in [7, 11) is 1.03. The lowest BCUT2D eigenvalue weighted by Gasteiger charge is -2.40. The summed E-state index contributed by atoms with van der Waals surface area (Å²) < 4.78 is 0. The van der Waals surface area contributed by atoms with Crippen LogP contribution in [0.15, 0.2) is 0 Å². The molecule has 0 N–H and O–H groups in total. The molecule has 1 atom stereocenters. The third-order valence-electron chi connectivity index (χ3n) is 1.89. The Kier molecular flexibility index (Phi) is 2.10. The van der Waals surface area contributed by atoms with E-state index in [-0.39, 0.29) is 5.41 Å². The van der Waals surface area contributed by atoms with E-state index in [1.54, 1.807) is 0 Å². The van der Waals surface area contributed by atoms with Crippen molar-refractivity contribution in [1.29, 1.82) is 0 Å². The van der Waals surface area contributed by atoms with Gasteiger partial charge in [0, 0.05) is 28.9 Å². The first-order valence-electron chi connectivity index (χ1n) is 4.19. The van der Waals surface area contributed by atoms with Crippen molar-refractivity contribution >= 4 is 16.1 Å². The lowest BCUT2D eigenvalue weighted by Crippen LogP contribution is -2.51. The van der Waals surface area contributed by atoms with E-state index in [9.17, 15) is 4.79 Å². The van der Waals surface area contributed by atoms with Crippen LogP contribution in [0.25, 0.3) is 0 Å². The SMILES string of the molecule is CC(C)(C)CN1CC([SiH3])C1=O. The zero-order chi connectivity index (χ0) is 8.65. The fraction of sp³-hybridized carbons (Fsp3) is 0.875. The van der Waals surface area contributed by atoms with Crippen LogP contribution in [-0.2, 0) is 4.79 Å². The van der Waals surface area contributed by atoms with Gasteiger partial charge in [0.25, 0.3) is 0 Å². The molecule has 2 nitrogen and oxygen atoms in total. The molecule has 0 aromatic rings. The molecule has 0 aromatic carbocycles. The highest BCUT2D eigenvalue weighted by atomic mass is 28.1. The van der Waals surface area contributed by atoms with Gasteiger partial charge in [-0.05, 0) is 5.41 Å². The van der Waals surface area contributed by atoms with Gasteiger partial charge in [0.2, 0.25) is 5.91 Å². The fourth-order valence-electron chi connectivity index (χ4n) is 1.41. The van der Waals surface area contributed by atoms with Gasteiger partial charge in [0.05, 0.1) is 0 Å². The molecule has 0 aromatic heterocycles. The van der Waals surface area contributed by atoms with Crippen molar-refractivity contribution in [2.24, 2.45) is 5.41 Å². The largest absolute Gasteiger partial charge is 0.342 e. The molecule has 0 bridgehead atoms. The molecular formula is C8H17NOSi. The Labute approximate surface area is 71.4 Å². The van der Waals surface area contributed by atoms with Crippen LogP contribution >= 0.6 is 0 Å². The van der Waals surface area contributed by atoms with Gasteiger partial charge in [-0.15, -0.1) is 0 Å². The molecule has 0 saturated carbocycles. The Bertz CT molecular complexity index is 173. The molecule has 1 heterocycles. The van der Waals surface area contributed by atoms with E-state index in [2.05, 4.69) is 20.8 Å². The minimum atomic E-state index is 0.261. The quantitative estimate of drug-likeness (QED) is 0.403. The maximum Gasteiger partial charge on any atom is 0.223 e. The van der Waals surface area contributed by atoms with Crippen molar-refractivity contribution in [2.75, 3.05) is 13.1 Å². The van der Waals surface area contributed by atoms with E-state index in [0.717, 1.165) is 23.3 Å². The maximum atomic E-state index is 11.2. The van der Waals surface area contributed by atoms with Crippen molar-refractivity contribution in [3.05, 3.63) is 0 Å². The molecule has 1 rings (SSSR count). The van der Waals surface area contributed by atoms with Crippen molar-refractivity contribution in [1.82, 2.24) is 4.90 Å². The van der Waals surface area contributed by atoms with Crippen molar-refractivity contribution in [3.8, 4) is 0 Å². The van der Waals surface area contributed by atoms with Crippen LogP contribution in [0.2, 0.25) is 5.54 Å². The highest BCUT2D eigenvalue weighted by Gasteiger charge is 2.34. The van der Waals surface area contributed by atoms with E-state index in [1.165, 1.54) is 0 Å². The number of nitrogens with zero attached hydrogens (tertiary/aromatic N) is 1. The summed E-state index contributed by atoms with van der Waals surface area (Å²) in [6.07, 6.45) is 0. The second-order valence-electron chi connectivity index (χ2n) is 4.68. The van der Waals surface area contributed by atoms with Gasteiger partial charge >= 0.3 is 0 Å². The van der Waals surface area contributed by atoms with Gasteiger partial charge in [-0.2, -0.15) is 0 Å². The first-order chi connectivity index (χ1) is 4.90. The predicted molar refractivity (Wildman–Crippen MR) is 49.7 cm³/mol. The molecular weight excluding hydrogens is 154 g/mol. The average molecular weight is 171 g/mol. The normalized spacial score (nSPS) is 25.5. The number of carbonyl (C=O) groups is 1. The third kappa shape index (κ3) is 2.06. The number of β-lactam (4-membered cyclic amide) rings is 1. The number of rotatable bonds is 1. The van der Waals surface area contributed by atoms with Crippen LogP contribution < -0.4 is 0 Å². The minimum Gasteiger partial charge on any atom is -0.342 e. The van der Waals surface area contributed by atoms with Crippen LogP contribution in [0.4, 0.5) is 0 Å². The van der Waals surface area contributed by atoms with Gasteiger partial charge in [-0.25, -0.2) is 0 Å². The smallest absolute Gasteiger partial charge is 0.223 e. The standard InChI is InChI=1S/C8H17NOSi/c1-8(2,3)5-9-4-6(11)7(9)10/h6H,4-5H2,1-3,11H3. The van der Waals surface area contributed by atoms with Crippen LogP contribution in [0.5, 0.6) is 0 Å². The summed E-state index contributed by atoms with van der Waals surface area (Å²) in [5, 5.41) is 0. The summed E-state index contributed by atoms with van der Waals surface area (Å²) in [6, 6.07) is 0. The van der Waals surface area contributed by atoms with E-state index in [0.29, 0.717) is 11.4 Å². The fourth-order valence-corrected chi connectivity index (χ4v) is 2.22. The van der Waals surface area contributed by atoms with Crippen LogP contribution in [0.1, 0.15) is 20.8 Å². The predicted octanol–water partition coefficient (Wildman–Crippen LogP) is 0.0286. The molecule has 1 unspecified atom stereocenters. The summed E-state index contributed by atoms with van der Waals surface area (Å²) in [5.41, 5.74) is 0.675. The molecule has 1 amide bonds. The molecule has 0 radical (unpaired) electrons. The minimum absolute atomic E-state index is 0.261. The van der Waals surface area contributed by atoms with Gasteiger partial charge in [-0.3, -0.25) is 4.79 Å². The van der Waals surface area contributed by atoms with Gasteiger partial charge < -0.3 is 4.90 Å². The molecule has 11 heavy (non-hydrogen) atoms. The van der Waals surface area contributed by atoms with Gasteiger partial charge in [-0.1, -0.05) is 20.8 Å². The molecule has 1 aliphatic rings. The Morgan fingerprint density at radius 3 is 2.45 bits per heavy atom. The molecule has 1 saturated heterocycles. The number of hydrogen-bond acceptors (Lipinski definition) is 1. The summed E-state index contributed by atoms with van der Waals surface area (Å²) in [6.45, 7) is 8.44. The first kappa shape index (κ1) is 8.78. The number of likely N-dealkylation sites (tertiary alicyclic amines) is 1. The van der Waals surface area contributed by atoms with Crippen molar-refractivity contribution in [2.45, 2.75) is 26.3 Å². The number of carbonyl (C=O) groups excluding carboxylic acids is 1. The molecule has 3 heteroatoms. The lowest BCUT2D eigenvalue weighted by atomic mass is 9.94. The highest BCUT2D eigenvalue weighted by molar-refractivity contribution is 6.26. The van der Waals surface area contributed by atoms with Crippen LogP contribution in [0, 0.1) is 5.41 Å². The second-order valence-corrected chi connectivity index (χ2v) is 6.07. The first-order valence-corrected chi connectivity index (χ1v) is 5.34. The Morgan fingerprint density at radius 2 is 2.18 bits per heavy atom. The summed E-state index contributed by atoms with van der Waals surface area (Å²) >= 11 is 0. The summed E-state index contributed by atoms with van der Waals surface area (Å²) in [4.78, 5) is 13.2. The highest BCUT2D eigenvalue weighted by Crippen LogP contribution is 2.25. The summed E-state index contributed by atoms with van der Waals surface area (Å²) in [5.74, 6) is 0.381. The Balaban J connectivity index is 2.37. The van der Waals surface area contributed by atoms with E-state index in [1.807, 2.05) is 4.90 Å². The van der Waals surface area contributed by atoms with E-state index in [4.69, 9.17) is 0 Å². The lowest BCUT2D eigenvalue weighted by molar-refractivity contribution is -0.141. The number of amides is 1. The molecule has 1 fully saturated rings.